The van der Waals surface area contributed by atoms with Crippen LogP contribution in [0.5, 0.6) is 0 Å². The number of rotatable bonds is 5. The zero-order chi connectivity index (χ0) is 18.6. The molecule has 1 aliphatic heterocycles. The molecule has 0 spiro atoms. The molecular formula is C19H20N2O4S. The van der Waals surface area contributed by atoms with Gasteiger partial charge in [0, 0.05) is 5.69 Å². The van der Waals surface area contributed by atoms with Crippen LogP contribution in [0.15, 0.2) is 60.7 Å². The highest BCUT2D eigenvalue weighted by molar-refractivity contribution is 7.91. The van der Waals surface area contributed by atoms with Crippen molar-refractivity contribution in [3.63, 3.8) is 0 Å². The highest BCUT2D eigenvalue weighted by Gasteiger charge is 2.35. The summed E-state index contributed by atoms with van der Waals surface area (Å²) in [5.41, 5.74) is 1.26. The Balaban J connectivity index is 1.78. The van der Waals surface area contributed by atoms with Crippen LogP contribution in [0.4, 0.5) is 5.69 Å². The molecule has 2 N–H and O–H groups in total. The minimum atomic E-state index is -3.17. The number of hydrogen-bond acceptors (Lipinski definition) is 4. The minimum Gasteiger partial charge on any atom is -0.340 e. The molecule has 0 saturated carbocycles. The normalized spacial score (nSPS) is 19.5. The maximum atomic E-state index is 12.7. The lowest BCUT2D eigenvalue weighted by Crippen LogP contribution is -2.40. The van der Waals surface area contributed by atoms with E-state index in [1.165, 1.54) is 0 Å². The standard InChI is InChI=1S/C19H20N2O4S/c22-18(15-11-12-26(24,25)13-15)21-17(14-7-3-1-4-8-14)19(23)20-16-9-5-2-6-10-16/h1-10,15,17H,11-13H2,(H,20,23)(H,21,22)/t15-,17+/m1/s1. The van der Waals surface area contributed by atoms with E-state index in [0.717, 1.165) is 0 Å². The highest BCUT2D eigenvalue weighted by atomic mass is 32.2. The number of nitrogens with one attached hydrogen (secondary N) is 2. The van der Waals surface area contributed by atoms with Gasteiger partial charge < -0.3 is 10.6 Å². The van der Waals surface area contributed by atoms with E-state index >= 15 is 0 Å². The first-order valence-electron chi connectivity index (χ1n) is 8.36. The van der Waals surface area contributed by atoms with Gasteiger partial charge in [-0.1, -0.05) is 48.5 Å². The largest absolute Gasteiger partial charge is 0.340 e. The average molecular weight is 372 g/mol. The molecule has 2 aromatic carbocycles. The Morgan fingerprint density at radius 3 is 2.15 bits per heavy atom. The van der Waals surface area contributed by atoms with Gasteiger partial charge in [0.05, 0.1) is 17.4 Å². The number of carbonyl (C=O) groups excluding carboxylic acids is 2. The second kappa shape index (κ2) is 7.70. The van der Waals surface area contributed by atoms with Crippen LogP contribution in [0.1, 0.15) is 18.0 Å². The topological polar surface area (TPSA) is 92.3 Å². The van der Waals surface area contributed by atoms with E-state index in [1.54, 1.807) is 48.5 Å². The summed E-state index contributed by atoms with van der Waals surface area (Å²) in [5, 5.41) is 5.50. The second-order valence-electron chi connectivity index (χ2n) is 6.31. The lowest BCUT2D eigenvalue weighted by molar-refractivity contribution is -0.128. The fraction of sp³-hybridized carbons (Fsp3) is 0.263. The van der Waals surface area contributed by atoms with Crippen molar-refractivity contribution in [2.75, 3.05) is 16.8 Å². The van der Waals surface area contributed by atoms with E-state index in [2.05, 4.69) is 10.6 Å². The molecule has 1 fully saturated rings. The molecule has 0 unspecified atom stereocenters. The van der Waals surface area contributed by atoms with E-state index in [9.17, 15) is 18.0 Å². The van der Waals surface area contributed by atoms with Gasteiger partial charge in [0.2, 0.25) is 5.91 Å². The van der Waals surface area contributed by atoms with Crippen molar-refractivity contribution in [1.82, 2.24) is 5.32 Å². The first kappa shape index (κ1) is 18.1. The van der Waals surface area contributed by atoms with Crippen LogP contribution >= 0.6 is 0 Å². The predicted molar refractivity (Wildman–Crippen MR) is 99.2 cm³/mol. The van der Waals surface area contributed by atoms with Crippen molar-refractivity contribution < 1.29 is 18.0 Å². The van der Waals surface area contributed by atoms with Crippen molar-refractivity contribution in [2.45, 2.75) is 12.5 Å². The summed E-state index contributed by atoms with van der Waals surface area (Å²) in [5.74, 6) is -1.56. The Morgan fingerprint density at radius 2 is 1.58 bits per heavy atom. The summed E-state index contributed by atoms with van der Waals surface area (Å²) in [4.78, 5) is 25.3. The van der Waals surface area contributed by atoms with Crippen molar-refractivity contribution >= 4 is 27.3 Å². The zero-order valence-corrected chi connectivity index (χ0v) is 14.9. The Kier molecular flexibility index (Phi) is 5.37. The van der Waals surface area contributed by atoms with Crippen LogP contribution in [-0.4, -0.2) is 31.7 Å². The van der Waals surface area contributed by atoms with Crippen LogP contribution in [0.2, 0.25) is 0 Å². The van der Waals surface area contributed by atoms with Gasteiger partial charge in [-0.3, -0.25) is 9.59 Å². The Morgan fingerprint density at radius 1 is 0.962 bits per heavy atom. The van der Waals surface area contributed by atoms with E-state index in [0.29, 0.717) is 11.3 Å². The fourth-order valence-corrected chi connectivity index (χ4v) is 4.68. The Bertz CT molecular complexity index is 882. The van der Waals surface area contributed by atoms with Crippen LogP contribution in [0.25, 0.3) is 0 Å². The van der Waals surface area contributed by atoms with E-state index < -0.39 is 27.7 Å². The molecule has 0 aromatic heterocycles. The lowest BCUT2D eigenvalue weighted by Gasteiger charge is -2.20. The number of para-hydroxylation sites is 1. The van der Waals surface area contributed by atoms with Gasteiger partial charge in [0.25, 0.3) is 5.91 Å². The monoisotopic (exact) mass is 372 g/mol. The van der Waals surface area contributed by atoms with Crippen LogP contribution in [0.3, 0.4) is 0 Å². The molecule has 0 radical (unpaired) electrons. The number of benzene rings is 2. The van der Waals surface area contributed by atoms with Gasteiger partial charge >= 0.3 is 0 Å². The van der Waals surface area contributed by atoms with Gasteiger partial charge in [-0.15, -0.1) is 0 Å². The molecule has 6 nitrogen and oxygen atoms in total. The van der Waals surface area contributed by atoms with Gasteiger partial charge in [0.15, 0.2) is 9.84 Å². The van der Waals surface area contributed by atoms with E-state index in [1.807, 2.05) is 12.1 Å². The molecule has 0 aliphatic carbocycles. The third-order valence-corrected chi connectivity index (χ3v) is 6.09. The third-order valence-electron chi connectivity index (χ3n) is 4.33. The molecule has 2 aromatic rings. The molecule has 1 aliphatic rings. The van der Waals surface area contributed by atoms with Crippen molar-refractivity contribution in [3.05, 3.63) is 66.2 Å². The van der Waals surface area contributed by atoms with Gasteiger partial charge in [-0.25, -0.2) is 8.42 Å². The fourth-order valence-electron chi connectivity index (χ4n) is 2.94. The maximum absolute atomic E-state index is 12.7. The molecule has 26 heavy (non-hydrogen) atoms. The van der Waals surface area contributed by atoms with Gasteiger partial charge in [0.1, 0.15) is 6.04 Å². The molecule has 1 saturated heterocycles. The second-order valence-corrected chi connectivity index (χ2v) is 8.54. The van der Waals surface area contributed by atoms with Crippen molar-refractivity contribution in [2.24, 2.45) is 5.92 Å². The quantitative estimate of drug-likeness (QED) is 0.839. The molecule has 0 bridgehead atoms. The summed E-state index contributed by atoms with van der Waals surface area (Å²) in [6, 6.07) is 16.9. The predicted octanol–water partition coefficient (Wildman–Crippen LogP) is 1.92. The Hall–Kier alpha value is -2.67. The van der Waals surface area contributed by atoms with E-state index in [-0.39, 0.29) is 23.8 Å². The van der Waals surface area contributed by atoms with Crippen LogP contribution in [0, 0.1) is 5.92 Å². The van der Waals surface area contributed by atoms with Gasteiger partial charge in [-0.05, 0) is 24.1 Å². The van der Waals surface area contributed by atoms with Crippen molar-refractivity contribution in [3.8, 4) is 0 Å². The van der Waals surface area contributed by atoms with Crippen LogP contribution < -0.4 is 10.6 Å². The number of carbonyl (C=O) groups is 2. The molecule has 7 heteroatoms. The summed E-state index contributed by atoms with van der Waals surface area (Å²) in [6.07, 6.45) is 0.288. The highest BCUT2D eigenvalue weighted by Crippen LogP contribution is 2.21. The maximum Gasteiger partial charge on any atom is 0.251 e. The molecule has 2 amide bonds. The van der Waals surface area contributed by atoms with Crippen molar-refractivity contribution in [1.29, 1.82) is 0 Å². The summed E-state index contributed by atoms with van der Waals surface area (Å²) >= 11 is 0. The summed E-state index contributed by atoms with van der Waals surface area (Å²) < 4.78 is 23.2. The average Bonchev–Trinajstić information content (AvgIpc) is 3.01. The molecule has 2 atom stereocenters. The smallest absolute Gasteiger partial charge is 0.251 e. The number of sulfone groups is 1. The summed E-state index contributed by atoms with van der Waals surface area (Å²) in [6.45, 7) is 0. The number of amides is 2. The number of hydrogen-bond donors (Lipinski definition) is 2. The molecule has 3 rings (SSSR count). The van der Waals surface area contributed by atoms with E-state index in [4.69, 9.17) is 0 Å². The summed E-state index contributed by atoms with van der Waals surface area (Å²) in [7, 11) is -3.17. The molecular weight excluding hydrogens is 352 g/mol. The zero-order valence-electron chi connectivity index (χ0n) is 14.1. The third kappa shape index (κ3) is 4.49. The number of anilines is 1. The first-order valence-corrected chi connectivity index (χ1v) is 10.2. The minimum absolute atomic E-state index is 0.0112. The van der Waals surface area contributed by atoms with Gasteiger partial charge in [-0.2, -0.15) is 0 Å². The Labute approximate surface area is 152 Å². The van der Waals surface area contributed by atoms with Crippen LogP contribution in [-0.2, 0) is 19.4 Å². The first-order chi connectivity index (χ1) is 12.4. The lowest BCUT2D eigenvalue weighted by atomic mass is 10.0. The molecule has 1 heterocycles. The SMILES string of the molecule is O=C(N[C@H](C(=O)Nc1ccccc1)c1ccccc1)[C@@H]1CCS(=O)(=O)C1. The molecule has 136 valence electrons.